The molecule has 0 fully saturated rings. The molecular formula is C55H41N3S. The fourth-order valence-electron chi connectivity index (χ4n) is 9.53. The molecule has 11 rings (SSSR count). The zero-order chi connectivity index (χ0) is 39.8. The number of fused-ring (bicyclic) bond motifs is 10. The highest BCUT2D eigenvalue weighted by Gasteiger charge is 2.26. The fourth-order valence-corrected chi connectivity index (χ4v) is 10.8. The molecule has 0 unspecified atom stereocenters. The quantitative estimate of drug-likeness (QED) is 0.168. The van der Waals surface area contributed by atoms with Crippen LogP contribution < -0.4 is 0 Å². The lowest BCUT2D eigenvalue weighted by Crippen LogP contribution is -2.07. The average Bonchev–Trinajstić information content (AvgIpc) is 3.83. The Morgan fingerprint density at radius 1 is 0.508 bits per heavy atom. The Bertz CT molecular complexity index is 3460. The lowest BCUT2D eigenvalue weighted by atomic mass is 9.88. The maximum absolute atomic E-state index is 5.58. The summed E-state index contributed by atoms with van der Waals surface area (Å²) in [5.74, 6) is 1.61. The monoisotopic (exact) mass is 775 g/mol. The minimum atomic E-state index is 0.720. The molecule has 0 aliphatic heterocycles. The number of aryl methyl sites for hydroxylation is 3. The summed E-state index contributed by atoms with van der Waals surface area (Å²) in [6.45, 7) is 8.82. The molecule has 0 spiro atoms. The van der Waals surface area contributed by atoms with Gasteiger partial charge in [-0.3, -0.25) is 4.57 Å². The fraction of sp³-hybridized carbons (Fsp3) is 0.0909. The van der Waals surface area contributed by atoms with Crippen molar-refractivity contribution in [3.05, 3.63) is 186 Å². The van der Waals surface area contributed by atoms with Crippen LogP contribution >= 0.6 is 11.3 Å². The van der Waals surface area contributed by atoms with Crippen molar-refractivity contribution < 1.29 is 0 Å². The van der Waals surface area contributed by atoms with Gasteiger partial charge in [-0.2, -0.15) is 0 Å². The predicted octanol–water partition coefficient (Wildman–Crippen LogP) is 15.3. The molecule has 0 bridgehead atoms. The summed E-state index contributed by atoms with van der Waals surface area (Å²) in [7, 11) is 0. The van der Waals surface area contributed by atoms with Crippen molar-refractivity contribution in [2.45, 2.75) is 34.1 Å². The number of thiophene rings is 1. The number of benzene rings is 8. The standard InChI is InChI=1S/C55H41N3S/c1-5-38-41(26-17-27-42(38)39-22-11-9-18-33(39)2)37-30-31-43-46(32-37)53-51(45-25-14-16-29-48(45)59-53)52-50(43)44-24-13-15-28-47(44)58(52)55-49(40-23-12-10-19-34(40)3)35(4)56-54(57-55)36-20-7-6-8-21-36/h6-32H,5H2,1-4H3. The van der Waals surface area contributed by atoms with Gasteiger partial charge in [-0.25, -0.2) is 9.97 Å². The van der Waals surface area contributed by atoms with Gasteiger partial charge in [-0.1, -0.05) is 153 Å². The van der Waals surface area contributed by atoms with Crippen molar-refractivity contribution in [3.63, 3.8) is 0 Å². The largest absolute Gasteiger partial charge is 0.292 e. The second-order valence-electron chi connectivity index (χ2n) is 15.7. The second kappa shape index (κ2) is 13.9. The average molecular weight is 776 g/mol. The first-order chi connectivity index (χ1) is 29.0. The SMILES string of the molecule is CCc1c(-c2ccc3c(c2)c2sc4ccccc4c2c2c3c3ccccc3n2-c2nc(-c3ccccc3)nc(C)c2-c2ccccc2C)cccc1-c1ccccc1C. The number of aromatic nitrogens is 3. The summed E-state index contributed by atoms with van der Waals surface area (Å²) >= 11 is 1.90. The van der Waals surface area contributed by atoms with Gasteiger partial charge in [0, 0.05) is 47.5 Å². The first-order valence-electron chi connectivity index (χ1n) is 20.5. The Hall–Kier alpha value is -6.88. The van der Waals surface area contributed by atoms with E-state index in [1.165, 1.54) is 86.2 Å². The van der Waals surface area contributed by atoms with Gasteiger partial charge in [0.2, 0.25) is 0 Å². The number of rotatable bonds is 6. The Kier molecular flexibility index (Phi) is 8.31. The molecule has 8 aromatic carbocycles. The Labute approximate surface area is 347 Å². The van der Waals surface area contributed by atoms with E-state index in [0.29, 0.717) is 0 Å². The maximum Gasteiger partial charge on any atom is 0.161 e. The van der Waals surface area contributed by atoms with E-state index in [4.69, 9.17) is 9.97 Å². The Morgan fingerprint density at radius 2 is 1.17 bits per heavy atom. The smallest absolute Gasteiger partial charge is 0.161 e. The van der Waals surface area contributed by atoms with Crippen LogP contribution in [0.3, 0.4) is 0 Å². The molecule has 0 N–H and O–H groups in total. The summed E-state index contributed by atoms with van der Waals surface area (Å²) in [6, 6.07) is 59.6. The number of hydrogen-bond acceptors (Lipinski definition) is 3. The van der Waals surface area contributed by atoms with Gasteiger partial charge in [0.25, 0.3) is 0 Å². The van der Waals surface area contributed by atoms with Gasteiger partial charge in [0.05, 0.1) is 16.7 Å². The van der Waals surface area contributed by atoms with Crippen molar-refractivity contribution in [1.82, 2.24) is 14.5 Å². The van der Waals surface area contributed by atoms with Gasteiger partial charge >= 0.3 is 0 Å². The Morgan fingerprint density at radius 3 is 1.95 bits per heavy atom. The molecule has 59 heavy (non-hydrogen) atoms. The topological polar surface area (TPSA) is 30.7 Å². The highest BCUT2D eigenvalue weighted by atomic mass is 32.1. The molecule has 0 saturated heterocycles. The molecule has 282 valence electrons. The van der Waals surface area contributed by atoms with E-state index < -0.39 is 0 Å². The molecule has 3 aromatic heterocycles. The summed E-state index contributed by atoms with van der Waals surface area (Å²) in [5.41, 5.74) is 15.5. The van der Waals surface area contributed by atoms with E-state index in [9.17, 15) is 0 Å². The van der Waals surface area contributed by atoms with Gasteiger partial charge in [0.15, 0.2) is 5.82 Å². The summed E-state index contributed by atoms with van der Waals surface area (Å²) in [4.78, 5) is 10.8. The van der Waals surface area contributed by atoms with Crippen LogP contribution in [-0.2, 0) is 6.42 Å². The van der Waals surface area contributed by atoms with Crippen LogP contribution in [0.5, 0.6) is 0 Å². The molecular weight excluding hydrogens is 735 g/mol. The van der Waals surface area contributed by atoms with Crippen molar-refractivity contribution in [1.29, 1.82) is 0 Å². The van der Waals surface area contributed by atoms with E-state index in [1.54, 1.807) is 0 Å². The second-order valence-corrected chi connectivity index (χ2v) is 16.7. The molecule has 0 aliphatic rings. The molecule has 0 aliphatic carbocycles. The zero-order valence-corrected chi connectivity index (χ0v) is 34.4. The van der Waals surface area contributed by atoms with E-state index in [1.807, 2.05) is 17.4 Å². The van der Waals surface area contributed by atoms with Crippen LogP contribution in [0.2, 0.25) is 0 Å². The van der Waals surface area contributed by atoms with Crippen LogP contribution in [-0.4, -0.2) is 14.5 Å². The number of para-hydroxylation sites is 1. The minimum Gasteiger partial charge on any atom is -0.292 e. The first kappa shape index (κ1) is 35.3. The van der Waals surface area contributed by atoms with Crippen LogP contribution in [0.25, 0.3) is 103 Å². The summed E-state index contributed by atoms with van der Waals surface area (Å²) < 4.78 is 5.03. The van der Waals surface area contributed by atoms with E-state index in [-0.39, 0.29) is 0 Å². The third kappa shape index (κ3) is 5.47. The highest BCUT2D eigenvalue weighted by Crippen LogP contribution is 2.50. The lowest BCUT2D eigenvalue weighted by Gasteiger charge is -2.19. The van der Waals surface area contributed by atoms with E-state index >= 15 is 0 Å². The highest BCUT2D eigenvalue weighted by molar-refractivity contribution is 7.27. The Balaban J connectivity index is 1.29. The molecule has 11 aromatic rings. The molecule has 0 radical (unpaired) electrons. The normalized spacial score (nSPS) is 11.8. The molecule has 3 heterocycles. The first-order valence-corrected chi connectivity index (χ1v) is 21.3. The lowest BCUT2D eigenvalue weighted by molar-refractivity contribution is 1.02. The van der Waals surface area contributed by atoms with Crippen molar-refractivity contribution in [2.75, 3.05) is 0 Å². The summed E-state index contributed by atoms with van der Waals surface area (Å²) in [5, 5.41) is 7.50. The molecule has 0 saturated carbocycles. The molecule has 0 atom stereocenters. The van der Waals surface area contributed by atoms with Crippen molar-refractivity contribution >= 4 is 64.1 Å². The van der Waals surface area contributed by atoms with Gasteiger partial charge in [0.1, 0.15) is 5.82 Å². The third-order valence-corrected chi connectivity index (χ3v) is 13.4. The van der Waals surface area contributed by atoms with Crippen molar-refractivity contribution in [2.24, 2.45) is 0 Å². The predicted molar refractivity (Wildman–Crippen MR) is 252 cm³/mol. The van der Waals surface area contributed by atoms with Gasteiger partial charge in [-0.15, -0.1) is 11.3 Å². The van der Waals surface area contributed by atoms with Crippen LogP contribution in [0.15, 0.2) is 164 Å². The van der Waals surface area contributed by atoms with E-state index in [2.05, 4.69) is 190 Å². The van der Waals surface area contributed by atoms with Crippen LogP contribution in [0.4, 0.5) is 0 Å². The molecule has 4 heteroatoms. The molecule has 3 nitrogen and oxygen atoms in total. The molecule has 0 amide bonds. The number of nitrogens with zero attached hydrogens (tertiary/aromatic N) is 3. The zero-order valence-electron chi connectivity index (χ0n) is 33.5. The third-order valence-electron chi connectivity index (χ3n) is 12.2. The minimum absolute atomic E-state index is 0.720. The van der Waals surface area contributed by atoms with E-state index in [0.717, 1.165) is 46.0 Å². The van der Waals surface area contributed by atoms with Crippen LogP contribution in [0.1, 0.15) is 29.3 Å². The van der Waals surface area contributed by atoms with Gasteiger partial charge < -0.3 is 0 Å². The maximum atomic E-state index is 5.58. The van der Waals surface area contributed by atoms with Crippen molar-refractivity contribution in [3.8, 4) is 50.6 Å². The van der Waals surface area contributed by atoms with Gasteiger partial charge in [-0.05, 0) is 95.3 Å². The van der Waals surface area contributed by atoms with Crippen LogP contribution in [0, 0.1) is 20.8 Å². The number of hydrogen-bond donors (Lipinski definition) is 0. The summed E-state index contributed by atoms with van der Waals surface area (Å²) in [6.07, 6.45) is 0.940.